The number of rotatable bonds is 2. The van der Waals surface area contributed by atoms with Gasteiger partial charge < -0.3 is 5.73 Å². The van der Waals surface area contributed by atoms with E-state index >= 15 is 0 Å². The molecule has 1 heterocycles. The highest BCUT2D eigenvalue weighted by molar-refractivity contribution is 5.41. The van der Waals surface area contributed by atoms with Gasteiger partial charge in [-0.1, -0.05) is 0 Å². The average Bonchev–Trinajstić information content (AvgIpc) is 2.53. The van der Waals surface area contributed by atoms with Crippen molar-refractivity contribution in [1.82, 2.24) is 9.78 Å². The van der Waals surface area contributed by atoms with Crippen LogP contribution in [0.1, 0.15) is 17.7 Å². The smallest absolute Gasteiger partial charge is 0.329 e. The molecule has 0 spiro atoms. The number of hydrogen-bond donors (Lipinski definition) is 1. The monoisotopic (exact) mass is 255 g/mol. The van der Waals surface area contributed by atoms with Crippen molar-refractivity contribution in [3.63, 3.8) is 0 Å². The van der Waals surface area contributed by atoms with Gasteiger partial charge in [-0.3, -0.25) is 4.68 Å². The van der Waals surface area contributed by atoms with E-state index in [1.165, 1.54) is 7.05 Å². The Bertz CT molecular complexity index is 450. The molecule has 0 aromatic carbocycles. The van der Waals surface area contributed by atoms with Gasteiger partial charge in [-0.15, -0.1) is 0 Å². The Balaban J connectivity index is 2.54. The van der Waals surface area contributed by atoms with Crippen LogP contribution >= 0.6 is 0 Å². The molecule has 17 heavy (non-hydrogen) atoms. The van der Waals surface area contributed by atoms with Gasteiger partial charge >= 0.3 is 6.18 Å². The third-order valence-corrected chi connectivity index (χ3v) is 3.06. The normalized spacial score (nSPS) is 27.2. The Labute approximate surface area is 93.4 Å². The van der Waals surface area contributed by atoms with Gasteiger partial charge in [0.05, 0.1) is 5.41 Å². The van der Waals surface area contributed by atoms with Crippen LogP contribution in [0.4, 0.5) is 22.0 Å². The summed E-state index contributed by atoms with van der Waals surface area (Å²) in [6.07, 6.45) is -4.45. The Morgan fingerprint density at radius 2 is 2.00 bits per heavy atom. The summed E-state index contributed by atoms with van der Waals surface area (Å²) in [6.45, 7) is -0.533. The van der Waals surface area contributed by atoms with Crippen LogP contribution in [0.25, 0.3) is 0 Å². The summed E-state index contributed by atoms with van der Waals surface area (Å²) >= 11 is 0. The van der Waals surface area contributed by atoms with Crippen molar-refractivity contribution in [2.75, 3.05) is 6.54 Å². The van der Waals surface area contributed by atoms with Gasteiger partial charge in [0, 0.05) is 31.8 Å². The molecule has 1 atom stereocenters. The number of alkyl halides is 5. The lowest BCUT2D eigenvalue weighted by molar-refractivity contribution is -0.142. The van der Waals surface area contributed by atoms with Crippen molar-refractivity contribution < 1.29 is 22.0 Å². The number of nitrogens with zero attached hydrogens (tertiary/aromatic N) is 2. The van der Waals surface area contributed by atoms with E-state index in [0.717, 1.165) is 10.9 Å². The lowest BCUT2D eigenvalue weighted by Gasteiger charge is -2.14. The van der Waals surface area contributed by atoms with Crippen molar-refractivity contribution in [3.8, 4) is 0 Å². The quantitative estimate of drug-likeness (QED) is 0.817. The number of hydrogen-bond acceptors (Lipinski definition) is 2. The molecular weight excluding hydrogens is 245 g/mol. The summed E-state index contributed by atoms with van der Waals surface area (Å²) in [4.78, 5) is 0. The fourth-order valence-electron chi connectivity index (χ4n) is 2.01. The van der Waals surface area contributed by atoms with Crippen LogP contribution in [0, 0.1) is 0 Å². The molecule has 8 heteroatoms. The molecule has 0 aliphatic heterocycles. The highest BCUT2D eigenvalue weighted by Gasteiger charge is 2.73. The molecule has 1 aliphatic rings. The van der Waals surface area contributed by atoms with Crippen molar-refractivity contribution in [3.05, 3.63) is 17.5 Å². The molecule has 0 bridgehead atoms. The van der Waals surface area contributed by atoms with E-state index in [2.05, 4.69) is 5.10 Å². The lowest BCUT2D eigenvalue weighted by Crippen LogP contribution is -2.29. The third kappa shape index (κ3) is 1.62. The number of nitrogens with two attached hydrogens (primary N) is 1. The Hall–Kier alpha value is -1.18. The summed E-state index contributed by atoms with van der Waals surface area (Å²) < 4.78 is 65.3. The van der Waals surface area contributed by atoms with E-state index in [0.29, 0.717) is 0 Å². The molecule has 1 aliphatic carbocycles. The first kappa shape index (κ1) is 12.3. The molecule has 2 N–H and O–H groups in total. The summed E-state index contributed by atoms with van der Waals surface area (Å²) in [6, 6.07) is 0. The zero-order valence-electron chi connectivity index (χ0n) is 8.85. The van der Waals surface area contributed by atoms with Crippen LogP contribution in [0.15, 0.2) is 6.20 Å². The third-order valence-electron chi connectivity index (χ3n) is 3.06. The lowest BCUT2D eigenvalue weighted by atomic mass is 9.95. The molecule has 1 aromatic rings. The van der Waals surface area contributed by atoms with Gasteiger partial charge in [-0.25, -0.2) is 8.78 Å². The average molecular weight is 255 g/mol. The van der Waals surface area contributed by atoms with E-state index in [9.17, 15) is 22.0 Å². The second kappa shape index (κ2) is 3.18. The maximum atomic E-state index is 13.2. The molecule has 1 fully saturated rings. The molecule has 96 valence electrons. The molecule has 1 saturated carbocycles. The highest BCUT2D eigenvalue weighted by atomic mass is 19.4. The van der Waals surface area contributed by atoms with E-state index in [4.69, 9.17) is 5.73 Å². The Kier molecular flexibility index (Phi) is 2.30. The molecule has 0 amide bonds. The van der Waals surface area contributed by atoms with Gasteiger partial charge in [0.2, 0.25) is 0 Å². The van der Waals surface area contributed by atoms with E-state index in [-0.39, 0.29) is 0 Å². The van der Waals surface area contributed by atoms with Gasteiger partial charge in [-0.05, 0) is 0 Å². The zero-order chi connectivity index (χ0) is 13.1. The standard InChI is InChI=1S/C9H10F5N3/c1-17-2-5(6(16-17)9(12,13)14)7(4-15)3-8(7,10)11/h2H,3-4,15H2,1H3. The van der Waals surface area contributed by atoms with Gasteiger partial charge in [0.25, 0.3) is 5.92 Å². The highest BCUT2D eigenvalue weighted by Crippen LogP contribution is 2.62. The largest absolute Gasteiger partial charge is 0.435 e. The molecule has 2 rings (SSSR count). The summed E-state index contributed by atoms with van der Waals surface area (Å²) in [5.41, 5.74) is 1.51. The Morgan fingerprint density at radius 1 is 1.47 bits per heavy atom. The second-order valence-corrected chi connectivity index (χ2v) is 4.23. The van der Waals surface area contributed by atoms with E-state index in [1.807, 2.05) is 0 Å². The van der Waals surface area contributed by atoms with Gasteiger partial charge in [-0.2, -0.15) is 18.3 Å². The molecule has 3 nitrogen and oxygen atoms in total. The van der Waals surface area contributed by atoms with Gasteiger partial charge in [0.1, 0.15) is 0 Å². The van der Waals surface area contributed by atoms with E-state index < -0.39 is 41.7 Å². The Morgan fingerprint density at radius 3 is 2.35 bits per heavy atom. The minimum atomic E-state index is -4.75. The minimum absolute atomic E-state index is 0.514. The zero-order valence-corrected chi connectivity index (χ0v) is 8.85. The predicted molar refractivity (Wildman–Crippen MR) is 48.5 cm³/mol. The van der Waals surface area contributed by atoms with Crippen molar-refractivity contribution in [2.45, 2.75) is 23.9 Å². The van der Waals surface area contributed by atoms with Crippen LogP contribution in [0.3, 0.4) is 0 Å². The van der Waals surface area contributed by atoms with Crippen LogP contribution < -0.4 is 5.73 Å². The second-order valence-electron chi connectivity index (χ2n) is 4.23. The van der Waals surface area contributed by atoms with Crippen molar-refractivity contribution in [2.24, 2.45) is 12.8 Å². The SMILES string of the molecule is Cn1cc(C2(CN)CC2(F)F)c(C(F)(F)F)n1. The minimum Gasteiger partial charge on any atom is -0.329 e. The predicted octanol–water partition coefficient (Wildman–Crippen LogP) is 1.67. The van der Waals surface area contributed by atoms with Crippen molar-refractivity contribution >= 4 is 0 Å². The van der Waals surface area contributed by atoms with Crippen LogP contribution in [-0.4, -0.2) is 22.2 Å². The molecule has 1 aromatic heterocycles. The van der Waals surface area contributed by atoms with Crippen molar-refractivity contribution in [1.29, 1.82) is 0 Å². The summed E-state index contributed by atoms with van der Waals surface area (Å²) in [7, 11) is 1.25. The van der Waals surface area contributed by atoms with Crippen LogP contribution in [-0.2, 0) is 18.6 Å². The molecule has 1 unspecified atom stereocenters. The number of aryl methyl sites for hydroxylation is 1. The number of aromatic nitrogens is 2. The first-order valence-electron chi connectivity index (χ1n) is 4.83. The molecular formula is C9H10F5N3. The maximum Gasteiger partial charge on any atom is 0.435 e. The first-order valence-corrected chi connectivity index (χ1v) is 4.83. The van der Waals surface area contributed by atoms with E-state index in [1.54, 1.807) is 0 Å². The molecule has 0 saturated heterocycles. The summed E-state index contributed by atoms with van der Waals surface area (Å²) in [5.74, 6) is -3.19. The topological polar surface area (TPSA) is 43.8 Å². The fraction of sp³-hybridized carbons (Fsp3) is 0.667. The summed E-state index contributed by atoms with van der Waals surface area (Å²) in [5, 5.41) is 3.20. The molecule has 0 radical (unpaired) electrons. The maximum absolute atomic E-state index is 13.2. The number of halogens is 5. The fourth-order valence-corrected chi connectivity index (χ4v) is 2.01. The van der Waals surface area contributed by atoms with Crippen LogP contribution in [0.2, 0.25) is 0 Å². The van der Waals surface area contributed by atoms with Crippen LogP contribution in [0.5, 0.6) is 0 Å². The van der Waals surface area contributed by atoms with Gasteiger partial charge in [0.15, 0.2) is 5.69 Å². The first-order chi connectivity index (χ1) is 7.64.